The van der Waals surface area contributed by atoms with Crippen molar-refractivity contribution in [3.05, 3.63) is 12.7 Å². The SMILES string of the molecule is C=C[C@]1(N=C)C[C@@H]1C(=O)OC. The summed E-state index contributed by atoms with van der Waals surface area (Å²) in [5, 5.41) is 0. The molecule has 0 aromatic heterocycles. The maximum atomic E-state index is 10.9. The molecule has 11 heavy (non-hydrogen) atoms. The van der Waals surface area contributed by atoms with Gasteiger partial charge in [-0.3, -0.25) is 9.79 Å². The number of hydrogen-bond acceptors (Lipinski definition) is 3. The standard InChI is InChI=1S/C8H11NO2/c1-4-8(9-2)5-6(8)7(10)11-3/h4,6H,1-2,5H2,3H3/t6-,8+/m1/s1. The summed E-state index contributed by atoms with van der Waals surface area (Å²) in [5.74, 6) is -0.375. The summed E-state index contributed by atoms with van der Waals surface area (Å²) in [6, 6.07) is 0. The molecular weight excluding hydrogens is 142 g/mol. The van der Waals surface area contributed by atoms with Gasteiger partial charge in [-0.15, -0.1) is 6.58 Å². The lowest BCUT2D eigenvalue weighted by atomic mass is 10.2. The molecule has 1 rings (SSSR count). The zero-order valence-corrected chi connectivity index (χ0v) is 6.54. The van der Waals surface area contributed by atoms with Gasteiger partial charge in [0.1, 0.15) is 0 Å². The summed E-state index contributed by atoms with van der Waals surface area (Å²) < 4.78 is 4.56. The molecule has 0 N–H and O–H groups in total. The first-order valence-corrected chi connectivity index (χ1v) is 3.39. The summed E-state index contributed by atoms with van der Waals surface area (Å²) in [5.41, 5.74) is -0.424. The molecule has 0 bridgehead atoms. The van der Waals surface area contributed by atoms with Gasteiger partial charge in [0.2, 0.25) is 0 Å². The number of ether oxygens (including phenoxy) is 1. The summed E-state index contributed by atoms with van der Waals surface area (Å²) in [6.07, 6.45) is 2.34. The molecule has 1 saturated carbocycles. The first-order valence-electron chi connectivity index (χ1n) is 3.39. The number of carbonyl (C=O) groups is 1. The molecule has 1 aliphatic rings. The summed E-state index contributed by atoms with van der Waals surface area (Å²) in [6.45, 7) is 6.99. The number of carbonyl (C=O) groups excluding carboxylic acids is 1. The lowest BCUT2D eigenvalue weighted by Gasteiger charge is -2.02. The fourth-order valence-electron chi connectivity index (χ4n) is 1.16. The lowest BCUT2D eigenvalue weighted by Crippen LogP contribution is -2.12. The second-order valence-electron chi connectivity index (χ2n) is 2.63. The van der Waals surface area contributed by atoms with E-state index < -0.39 is 5.54 Å². The fraction of sp³-hybridized carbons (Fsp3) is 0.500. The Hall–Kier alpha value is -1.12. The Morgan fingerprint density at radius 2 is 2.55 bits per heavy atom. The minimum absolute atomic E-state index is 0.150. The number of esters is 1. The molecule has 0 aromatic rings. The Morgan fingerprint density at radius 1 is 1.91 bits per heavy atom. The van der Waals surface area contributed by atoms with Crippen LogP contribution < -0.4 is 0 Å². The van der Waals surface area contributed by atoms with Crippen molar-refractivity contribution in [1.29, 1.82) is 0 Å². The van der Waals surface area contributed by atoms with Crippen molar-refractivity contribution >= 4 is 12.7 Å². The van der Waals surface area contributed by atoms with E-state index in [1.165, 1.54) is 7.11 Å². The Kier molecular flexibility index (Phi) is 1.81. The van der Waals surface area contributed by atoms with Crippen LogP contribution in [0.5, 0.6) is 0 Å². The first kappa shape index (κ1) is 7.98. The molecule has 2 atom stereocenters. The van der Waals surface area contributed by atoms with Gasteiger partial charge in [0, 0.05) is 0 Å². The molecule has 1 fully saturated rings. The number of rotatable bonds is 3. The van der Waals surface area contributed by atoms with Crippen molar-refractivity contribution in [3.63, 3.8) is 0 Å². The summed E-state index contributed by atoms with van der Waals surface area (Å²) >= 11 is 0. The Bertz CT molecular complexity index is 202. The second-order valence-corrected chi connectivity index (χ2v) is 2.63. The number of methoxy groups -OCH3 is 1. The Labute approximate surface area is 65.8 Å². The van der Waals surface area contributed by atoms with Gasteiger partial charge >= 0.3 is 5.97 Å². The maximum absolute atomic E-state index is 10.9. The summed E-state index contributed by atoms with van der Waals surface area (Å²) in [7, 11) is 1.37. The zero-order valence-electron chi connectivity index (χ0n) is 6.54. The average molecular weight is 153 g/mol. The van der Waals surface area contributed by atoms with Crippen LogP contribution in [0.15, 0.2) is 17.6 Å². The quantitative estimate of drug-likeness (QED) is 0.342. The van der Waals surface area contributed by atoms with Gasteiger partial charge in [-0.2, -0.15) is 0 Å². The summed E-state index contributed by atoms with van der Waals surface area (Å²) in [4.78, 5) is 14.8. The van der Waals surface area contributed by atoms with Crippen LogP contribution in [-0.2, 0) is 9.53 Å². The van der Waals surface area contributed by atoms with Crippen molar-refractivity contribution in [2.75, 3.05) is 7.11 Å². The molecule has 3 nitrogen and oxygen atoms in total. The molecule has 3 heteroatoms. The van der Waals surface area contributed by atoms with Crippen molar-refractivity contribution in [3.8, 4) is 0 Å². The van der Waals surface area contributed by atoms with Gasteiger partial charge in [-0.05, 0) is 13.1 Å². The van der Waals surface area contributed by atoms with E-state index >= 15 is 0 Å². The van der Waals surface area contributed by atoms with Crippen LogP contribution in [0.1, 0.15) is 6.42 Å². The van der Waals surface area contributed by atoms with E-state index in [2.05, 4.69) is 23.0 Å². The highest BCUT2D eigenvalue weighted by atomic mass is 16.5. The molecule has 0 aromatic carbocycles. The minimum atomic E-state index is -0.424. The third kappa shape index (κ3) is 1.06. The molecular formula is C8H11NO2. The normalized spacial score (nSPS) is 34.1. The van der Waals surface area contributed by atoms with Crippen LogP contribution in [0.25, 0.3) is 0 Å². The molecule has 0 radical (unpaired) electrons. The molecule has 1 aliphatic carbocycles. The van der Waals surface area contributed by atoms with Crippen molar-refractivity contribution < 1.29 is 9.53 Å². The smallest absolute Gasteiger partial charge is 0.311 e. The van der Waals surface area contributed by atoms with Gasteiger partial charge in [-0.1, -0.05) is 6.08 Å². The van der Waals surface area contributed by atoms with Crippen LogP contribution in [0.4, 0.5) is 0 Å². The van der Waals surface area contributed by atoms with E-state index in [9.17, 15) is 4.79 Å². The molecule has 0 aliphatic heterocycles. The van der Waals surface area contributed by atoms with Gasteiger partial charge in [-0.25, -0.2) is 0 Å². The lowest BCUT2D eigenvalue weighted by molar-refractivity contribution is -0.142. The largest absolute Gasteiger partial charge is 0.469 e. The van der Waals surface area contributed by atoms with Gasteiger partial charge in [0.25, 0.3) is 0 Å². The predicted octanol–water partition coefficient (Wildman–Crippen LogP) is 0.805. The number of nitrogens with zero attached hydrogens (tertiary/aromatic N) is 1. The van der Waals surface area contributed by atoms with Crippen molar-refractivity contribution in [2.45, 2.75) is 12.0 Å². The monoisotopic (exact) mass is 153 g/mol. The van der Waals surface area contributed by atoms with Gasteiger partial charge < -0.3 is 4.74 Å². The van der Waals surface area contributed by atoms with E-state index in [1.54, 1.807) is 6.08 Å². The zero-order chi connectivity index (χ0) is 8.48. The predicted molar refractivity (Wildman–Crippen MR) is 42.6 cm³/mol. The highest BCUT2D eigenvalue weighted by Gasteiger charge is 2.56. The third-order valence-electron chi connectivity index (χ3n) is 2.11. The van der Waals surface area contributed by atoms with Gasteiger partial charge in [0.15, 0.2) is 0 Å². The molecule has 0 spiro atoms. The number of aliphatic imine (C=N–C) groups is 1. The molecule has 0 amide bonds. The Morgan fingerprint density at radius 3 is 2.82 bits per heavy atom. The highest BCUT2D eigenvalue weighted by Crippen LogP contribution is 2.48. The Balaban J connectivity index is 2.64. The van der Waals surface area contributed by atoms with Crippen molar-refractivity contribution in [1.82, 2.24) is 0 Å². The van der Waals surface area contributed by atoms with Crippen LogP contribution >= 0.6 is 0 Å². The van der Waals surface area contributed by atoms with Gasteiger partial charge in [0.05, 0.1) is 18.6 Å². The van der Waals surface area contributed by atoms with E-state index in [0.29, 0.717) is 6.42 Å². The first-order chi connectivity index (χ1) is 5.20. The van der Waals surface area contributed by atoms with Crippen LogP contribution in [-0.4, -0.2) is 25.3 Å². The molecule has 60 valence electrons. The molecule has 0 unspecified atom stereocenters. The van der Waals surface area contributed by atoms with Crippen LogP contribution in [0.2, 0.25) is 0 Å². The van der Waals surface area contributed by atoms with Crippen LogP contribution in [0, 0.1) is 5.92 Å². The van der Waals surface area contributed by atoms with Crippen molar-refractivity contribution in [2.24, 2.45) is 10.9 Å². The molecule has 0 heterocycles. The number of hydrogen-bond donors (Lipinski definition) is 0. The van der Waals surface area contributed by atoms with E-state index in [4.69, 9.17) is 0 Å². The fourth-order valence-corrected chi connectivity index (χ4v) is 1.16. The van der Waals surface area contributed by atoms with E-state index in [0.717, 1.165) is 0 Å². The maximum Gasteiger partial charge on any atom is 0.311 e. The second kappa shape index (κ2) is 2.49. The minimum Gasteiger partial charge on any atom is -0.469 e. The average Bonchev–Trinajstić information content (AvgIpc) is 2.78. The highest BCUT2D eigenvalue weighted by molar-refractivity contribution is 5.79. The third-order valence-corrected chi connectivity index (χ3v) is 2.11. The molecule has 0 saturated heterocycles. The van der Waals surface area contributed by atoms with E-state index in [1.807, 2.05) is 0 Å². The topological polar surface area (TPSA) is 38.7 Å². The van der Waals surface area contributed by atoms with E-state index in [-0.39, 0.29) is 11.9 Å². The van der Waals surface area contributed by atoms with Crippen LogP contribution in [0.3, 0.4) is 0 Å².